The van der Waals surface area contributed by atoms with E-state index in [4.69, 9.17) is 0 Å². The van der Waals surface area contributed by atoms with Crippen molar-refractivity contribution in [1.82, 2.24) is 9.62 Å². The Morgan fingerprint density at radius 1 is 1.27 bits per heavy atom. The highest BCUT2D eigenvalue weighted by Crippen LogP contribution is 2.07. The minimum absolute atomic E-state index is 0.0548. The van der Waals surface area contributed by atoms with Crippen molar-refractivity contribution in [2.45, 2.75) is 40.2 Å². The molecule has 0 radical (unpaired) electrons. The molecule has 0 amide bonds. The molecule has 0 fully saturated rings. The van der Waals surface area contributed by atoms with Gasteiger partial charge < -0.3 is 5.32 Å². The molecule has 0 aromatic carbocycles. The number of nitrogens with zero attached hydrogens (tertiary/aromatic N) is 1. The maximum atomic E-state index is 11.9. The van der Waals surface area contributed by atoms with Crippen LogP contribution in [0.5, 0.6) is 0 Å². The number of nitrogens with one attached hydrogen (secondary N) is 1. The largest absolute Gasteiger partial charge is 0.317 e. The first-order chi connectivity index (χ1) is 6.95. The lowest BCUT2D eigenvalue weighted by Crippen LogP contribution is -2.38. The Balaban J connectivity index is 4.15. The molecule has 0 aliphatic rings. The Kier molecular flexibility index (Phi) is 7.13. The first kappa shape index (κ1) is 14.9. The predicted octanol–water partition coefficient (Wildman–Crippen LogP) is 1.05. The maximum absolute atomic E-state index is 11.9. The van der Waals surface area contributed by atoms with Crippen LogP contribution in [0.2, 0.25) is 0 Å². The summed E-state index contributed by atoms with van der Waals surface area (Å²) in [5.41, 5.74) is 0. The van der Waals surface area contributed by atoms with Crippen LogP contribution in [0.25, 0.3) is 0 Å². The molecule has 0 aromatic rings. The SMILES string of the molecule is CCNCCCS(=O)(=O)N(CC)C(C)C. The number of rotatable bonds is 8. The van der Waals surface area contributed by atoms with Crippen LogP contribution in [-0.4, -0.2) is 44.2 Å². The summed E-state index contributed by atoms with van der Waals surface area (Å²) in [5.74, 6) is 0.242. The second-order valence-corrected chi connectivity index (χ2v) is 5.86. The molecule has 0 spiro atoms. The molecule has 0 aliphatic heterocycles. The molecule has 0 aromatic heterocycles. The van der Waals surface area contributed by atoms with Gasteiger partial charge in [-0.05, 0) is 33.4 Å². The predicted molar refractivity (Wildman–Crippen MR) is 64.5 cm³/mol. The van der Waals surface area contributed by atoms with Crippen molar-refractivity contribution in [2.24, 2.45) is 0 Å². The molecule has 0 rings (SSSR count). The average molecular weight is 236 g/mol. The molecule has 0 heterocycles. The molecular formula is C10H24N2O2S. The molecule has 1 N–H and O–H groups in total. The molecule has 0 atom stereocenters. The van der Waals surface area contributed by atoms with E-state index < -0.39 is 10.0 Å². The number of hydrogen-bond donors (Lipinski definition) is 1. The van der Waals surface area contributed by atoms with E-state index in [1.54, 1.807) is 4.31 Å². The second kappa shape index (κ2) is 7.19. The average Bonchev–Trinajstić information content (AvgIpc) is 2.12. The van der Waals surface area contributed by atoms with Crippen LogP contribution in [0.3, 0.4) is 0 Å². The van der Waals surface area contributed by atoms with Crippen LogP contribution in [0.4, 0.5) is 0 Å². The fraction of sp³-hybridized carbons (Fsp3) is 1.00. The van der Waals surface area contributed by atoms with Gasteiger partial charge in [-0.1, -0.05) is 13.8 Å². The second-order valence-electron chi connectivity index (χ2n) is 3.82. The monoisotopic (exact) mass is 236 g/mol. The summed E-state index contributed by atoms with van der Waals surface area (Å²) < 4.78 is 25.3. The lowest BCUT2D eigenvalue weighted by molar-refractivity contribution is 0.368. The topological polar surface area (TPSA) is 49.4 Å². The Morgan fingerprint density at radius 2 is 1.87 bits per heavy atom. The first-order valence-electron chi connectivity index (χ1n) is 5.66. The molecular weight excluding hydrogens is 212 g/mol. The van der Waals surface area contributed by atoms with Crippen molar-refractivity contribution in [2.75, 3.05) is 25.4 Å². The van der Waals surface area contributed by atoms with Gasteiger partial charge >= 0.3 is 0 Å². The van der Waals surface area contributed by atoms with Crippen LogP contribution < -0.4 is 5.32 Å². The summed E-state index contributed by atoms with van der Waals surface area (Å²) in [6, 6.07) is 0.0548. The standard InChI is InChI=1S/C10H24N2O2S/c1-5-11-8-7-9-15(13,14)12(6-2)10(3)4/h10-11H,5-9H2,1-4H3. The molecule has 0 saturated heterocycles. The molecule has 92 valence electrons. The van der Waals surface area contributed by atoms with E-state index in [-0.39, 0.29) is 11.8 Å². The van der Waals surface area contributed by atoms with E-state index >= 15 is 0 Å². The van der Waals surface area contributed by atoms with Gasteiger partial charge in [-0.15, -0.1) is 0 Å². The molecule has 0 unspecified atom stereocenters. The Bertz CT molecular complexity index is 250. The smallest absolute Gasteiger partial charge is 0.214 e. The zero-order chi connectivity index (χ0) is 11.9. The van der Waals surface area contributed by atoms with E-state index in [0.29, 0.717) is 13.0 Å². The van der Waals surface area contributed by atoms with Crippen molar-refractivity contribution >= 4 is 10.0 Å². The van der Waals surface area contributed by atoms with Gasteiger partial charge in [0.05, 0.1) is 5.75 Å². The summed E-state index contributed by atoms with van der Waals surface area (Å²) in [4.78, 5) is 0. The minimum Gasteiger partial charge on any atom is -0.317 e. The van der Waals surface area contributed by atoms with E-state index in [0.717, 1.165) is 13.1 Å². The molecule has 0 aliphatic carbocycles. The van der Waals surface area contributed by atoms with Crippen LogP contribution >= 0.6 is 0 Å². The van der Waals surface area contributed by atoms with Crippen LogP contribution in [0.15, 0.2) is 0 Å². The molecule has 4 nitrogen and oxygen atoms in total. The lowest BCUT2D eigenvalue weighted by Gasteiger charge is -2.24. The number of hydrogen-bond acceptors (Lipinski definition) is 3. The van der Waals surface area contributed by atoms with Crippen LogP contribution in [0.1, 0.15) is 34.1 Å². The summed E-state index contributed by atoms with van der Waals surface area (Å²) in [5, 5.41) is 3.12. The summed E-state index contributed by atoms with van der Waals surface area (Å²) >= 11 is 0. The van der Waals surface area contributed by atoms with Gasteiger partial charge in [-0.3, -0.25) is 0 Å². The Hall–Kier alpha value is -0.130. The fourth-order valence-electron chi connectivity index (χ4n) is 1.56. The van der Waals surface area contributed by atoms with Gasteiger partial charge in [-0.2, -0.15) is 4.31 Å². The highest BCUT2D eigenvalue weighted by molar-refractivity contribution is 7.89. The molecule has 0 saturated carbocycles. The van der Waals surface area contributed by atoms with Crippen molar-refractivity contribution in [3.8, 4) is 0 Å². The van der Waals surface area contributed by atoms with E-state index in [1.807, 2.05) is 27.7 Å². The summed E-state index contributed by atoms with van der Waals surface area (Å²) in [6.07, 6.45) is 0.680. The van der Waals surface area contributed by atoms with E-state index in [9.17, 15) is 8.42 Å². The minimum atomic E-state index is -3.06. The number of sulfonamides is 1. The fourth-order valence-corrected chi connectivity index (χ4v) is 3.34. The normalized spacial score (nSPS) is 12.7. The third kappa shape index (κ3) is 5.49. The van der Waals surface area contributed by atoms with Gasteiger partial charge in [0, 0.05) is 12.6 Å². The molecule has 5 heteroatoms. The quantitative estimate of drug-likeness (QED) is 0.641. The van der Waals surface area contributed by atoms with Gasteiger partial charge in [0.15, 0.2) is 0 Å². The van der Waals surface area contributed by atoms with E-state index in [1.165, 1.54) is 0 Å². The first-order valence-corrected chi connectivity index (χ1v) is 7.26. The highest BCUT2D eigenvalue weighted by Gasteiger charge is 2.22. The van der Waals surface area contributed by atoms with E-state index in [2.05, 4.69) is 5.32 Å². The summed E-state index contributed by atoms with van der Waals surface area (Å²) in [7, 11) is -3.06. The molecule has 0 bridgehead atoms. The van der Waals surface area contributed by atoms with Crippen molar-refractivity contribution in [1.29, 1.82) is 0 Å². The maximum Gasteiger partial charge on any atom is 0.214 e. The van der Waals surface area contributed by atoms with Crippen LogP contribution in [0, 0.1) is 0 Å². The van der Waals surface area contributed by atoms with Crippen molar-refractivity contribution < 1.29 is 8.42 Å². The van der Waals surface area contributed by atoms with Gasteiger partial charge in [0.2, 0.25) is 10.0 Å². The van der Waals surface area contributed by atoms with Crippen molar-refractivity contribution in [3.63, 3.8) is 0 Å². The highest BCUT2D eigenvalue weighted by atomic mass is 32.2. The van der Waals surface area contributed by atoms with Gasteiger partial charge in [0.25, 0.3) is 0 Å². The zero-order valence-electron chi connectivity index (χ0n) is 10.3. The third-order valence-electron chi connectivity index (χ3n) is 2.25. The van der Waals surface area contributed by atoms with Gasteiger partial charge in [-0.25, -0.2) is 8.42 Å². The molecule has 15 heavy (non-hydrogen) atoms. The van der Waals surface area contributed by atoms with Crippen LogP contribution in [-0.2, 0) is 10.0 Å². The third-order valence-corrected chi connectivity index (χ3v) is 4.45. The van der Waals surface area contributed by atoms with Gasteiger partial charge in [0.1, 0.15) is 0 Å². The lowest BCUT2D eigenvalue weighted by atomic mass is 10.4. The Morgan fingerprint density at radius 3 is 2.27 bits per heavy atom. The summed E-state index contributed by atoms with van der Waals surface area (Å²) in [6.45, 7) is 9.92. The van der Waals surface area contributed by atoms with Crippen molar-refractivity contribution in [3.05, 3.63) is 0 Å². The Labute approximate surface area is 94.1 Å². The zero-order valence-corrected chi connectivity index (χ0v) is 11.1.